The van der Waals surface area contributed by atoms with E-state index < -0.39 is 4.92 Å². The lowest BCUT2D eigenvalue weighted by Gasteiger charge is -2.11. The Kier molecular flexibility index (Phi) is 8.02. The van der Waals surface area contributed by atoms with Gasteiger partial charge in [0.15, 0.2) is 5.17 Å². The van der Waals surface area contributed by atoms with E-state index >= 15 is 0 Å². The fraction of sp³-hybridized carbons (Fsp3) is 0.133. The monoisotopic (exact) mass is 632 g/mol. The molecule has 0 unspecified atom stereocenters. The summed E-state index contributed by atoms with van der Waals surface area (Å²) >= 11 is 6.47. The molecule has 0 bridgehead atoms. The number of benzene rings is 3. The Labute approximate surface area is 249 Å². The van der Waals surface area contributed by atoms with Crippen molar-refractivity contribution >= 4 is 68.0 Å². The number of aryl methyl sites for hydroxylation is 3. The van der Waals surface area contributed by atoms with Crippen LogP contribution in [0.1, 0.15) is 28.1 Å². The molecule has 10 heteroatoms. The highest BCUT2D eigenvalue weighted by Crippen LogP contribution is 2.33. The smallest absolute Gasteiger partial charge is 0.269 e. The number of aromatic nitrogens is 1. The molecule has 0 atom stereocenters. The molecule has 1 N–H and O–H groups in total. The normalized spacial score (nSPS) is 15.2. The van der Waals surface area contributed by atoms with Crippen LogP contribution in [0.4, 0.5) is 11.4 Å². The van der Waals surface area contributed by atoms with E-state index in [1.807, 2.05) is 58.0 Å². The molecule has 7 nitrogen and oxygen atoms in total. The number of carbonyl (C=O) groups is 1. The Hall–Kier alpha value is -3.60. The molecule has 0 spiro atoms. The highest BCUT2D eigenvalue weighted by Gasteiger charge is 2.25. The Morgan fingerprint density at radius 3 is 2.17 bits per heavy atom. The summed E-state index contributed by atoms with van der Waals surface area (Å²) in [6, 6.07) is 20.8. The second-order valence-electron chi connectivity index (χ2n) is 9.38. The number of rotatable bonds is 6. The number of amides is 1. The standard InChI is InChI=1S/C30H25BrN4O3S2/c1-17-13-22(14-18(2)28(17)31)32-30-33-29(36)27(40-30)16-21-15-19(3)34(20(21)4)23-5-9-25(10-6-23)39-26-11-7-24(8-12-26)35(37)38/h5-16H,1-4H3,(H,32,33,36)/b27-16-. The second-order valence-corrected chi connectivity index (χ2v) is 12.4. The van der Waals surface area contributed by atoms with Crippen molar-refractivity contribution in [2.45, 2.75) is 37.5 Å². The van der Waals surface area contributed by atoms with Crippen LogP contribution in [-0.4, -0.2) is 20.6 Å². The Balaban J connectivity index is 1.34. The van der Waals surface area contributed by atoms with Gasteiger partial charge in [0.25, 0.3) is 11.6 Å². The summed E-state index contributed by atoms with van der Waals surface area (Å²) in [5.41, 5.74) is 7.13. The van der Waals surface area contributed by atoms with Crippen LogP contribution in [0.5, 0.6) is 0 Å². The molecular weight excluding hydrogens is 608 g/mol. The van der Waals surface area contributed by atoms with Crippen molar-refractivity contribution in [1.29, 1.82) is 0 Å². The Morgan fingerprint density at radius 2 is 1.57 bits per heavy atom. The summed E-state index contributed by atoms with van der Waals surface area (Å²) in [6.45, 7) is 8.13. The third-order valence-electron chi connectivity index (χ3n) is 6.44. The zero-order valence-corrected chi connectivity index (χ0v) is 25.4. The maximum Gasteiger partial charge on any atom is 0.269 e. The van der Waals surface area contributed by atoms with Gasteiger partial charge in [0.05, 0.1) is 15.5 Å². The number of carbonyl (C=O) groups excluding carboxylic acids is 1. The Morgan fingerprint density at radius 1 is 0.975 bits per heavy atom. The van der Waals surface area contributed by atoms with Crippen LogP contribution in [0.2, 0.25) is 0 Å². The molecule has 1 amide bonds. The summed E-state index contributed by atoms with van der Waals surface area (Å²) in [5.74, 6) is -0.160. The van der Waals surface area contributed by atoms with Gasteiger partial charge in [0.2, 0.25) is 0 Å². The van der Waals surface area contributed by atoms with Gasteiger partial charge in [-0.2, -0.15) is 0 Å². The maximum atomic E-state index is 12.7. The minimum absolute atomic E-state index is 0.0794. The van der Waals surface area contributed by atoms with Crippen LogP contribution in [-0.2, 0) is 4.79 Å². The molecule has 2 heterocycles. The van der Waals surface area contributed by atoms with Crippen molar-refractivity contribution in [2.75, 3.05) is 0 Å². The van der Waals surface area contributed by atoms with Crippen LogP contribution in [0.25, 0.3) is 11.8 Å². The predicted molar refractivity (Wildman–Crippen MR) is 167 cm³/mol. The van der Waals surface area contributed by atoms with Gasteiger partial charge in [-0.1, -0.05) is 27.7 Å². The minimum atomic E-state index is -0.398. The van der Waals surface area contributed by atoms with E-state index in [-0.39, 0.29) is 11.6 Å². The van der Waals surface area contributed by atoms with Gasteiger partial charge in [0, 0.05) is 43.5 Å². The molecule has 1 aliphatic heterocycles. The second kappa shape index (κ2) is 11.5. The SMILES string of the molecule is Cc1cc(N=C2NC(=O)/C(=C/c3cc(C)n(-c4ccc(Sc5ccc([N+](=O)[O-])cc5)cc4)c3C)S2)cc(C)c1Br. The third kappa shape index (κ3) is 5.94. The van der Waals surface area contributed by atoms with E-state index in [1.54, 1.807) is 23.9 Å². The quantitative estimate of drug-likeness (QED) is 0.131. The van der Waals surface area contributed by atoms with Crippen molar-refractivity contribution in [3.8, 4) is 5.69 Å². The fourth-order valence-corrected chi connectivity index (χ4v) is 6.37. The number of halogens is 1. The molecule has 1 aliphatic rings. The number of nitro benzene ring substituents is 1. The van der Waals surface area contributed by atoms with E-state index in [2.05, 4.69) is 49.0 Å². The van der Waals surface area contributed by atoms with Crippen LogP contribution < -0.4 is 5.32 Å². The highest BCUT2D eigenvalue weighted by atomic mass is 79.9. The zero-order chi connectivity index (χ0) is 28.6. The molecule has 4 aromatic rings. The largest absolute Gasteiger partial charge is 0.318 e. The number of thioether (sulfide) groups is 1. The van der Waals surface area contributed by atoms with Crippen molar-refractivity contribution in [1.82, 2.24) is 9.88 Å². The molecule has 5 rings (SSSR count). The van der Waals surface area contributed by atoms with Gasteiger partial charge < -0.3 is 9.88 Å². The number of amidine groups is 1. The zero-order valence-electron chi connectivity index (χ0n) is 22.2. The number of aliphatic imine (C=N–C) groups is 1. The van der Waals surface area contributed by atoms with E-state index in [0.29, 0.717) is 10.1 Å². The predicted octanol–water partition coefficient (Wildman–Crippen LogP) is 8.42. The van der Waals surface area contributed by atoms with Crippen LogP contribution in [0.15, 0.2) is 90.9 Å². The lowest BCUT2D eigenvalue weighted by atomic mass is 10.1. The molecule has 40 heavy (non-hydrogen) atoms. The van der Waals surface area contributed by atoms with Crippen molar-refractivity contribution in [2.24, 2.45) is 4.99 Å². The van der Waals surface area contributed by atoms with Crippen molar-refractivity contribution in [3.63, 3.8) is 0 Å². The topological polar surface area (TPSA) is 89.5 Å². The maximum absolute atomic E-state index is 12.7. The van der Waals surface area contributed by atoms with Crippen LogP contribution in [0, 0.1) is 37.8 Å². The van der Waals surface area contributed by atoms with Crippen LogP contribution in [0.3, 0.4) is 0 Å². The summed E-state index contributed by atoms with van der Waals surface area (Å²) in [4.78, 5) is 30.5. The lowest BCUT2D eigenvalue weighted by molar-refractivity contribution is -0.384. The molecule has 1 aromatic heterocycles. The number of nitrogens with zero attached hydrogens (tertiary/aromatic N) is 3. The summed E-state index contributed by atoms with van der Waals surface area (Å²) in [6.07, 6.45) is 1.91. The van der Waals surface area contributed by atoms with E-state index in [9.17, 15) is 14.9 Å². The Bertz CT molecular complexity index is 1690. The minimum Gasteiger partial charge on any atom is -0.318 e. The first-order chi connectivity index (χ1) is 19.1. The molecule has 202 valence electrons. The van der Waals surface area contributed by atoms with Crippen molar-refractivity contribution < 1.29 is 9.72 Å². The molecule has 0 saturated carbocycles. The number of hydrogen-bond acceptors (Lipinski definition) is 6. The average molecular weight is 634 g/mol. The molecular formula is C30H25BrN4O3S2. The fourth-order valence-electron chi connectivity index (χ4n) is 4.49. The molecule has 0 radical (unpaired) electrons. The number of non-ortho nitro benzene ring substituents is 1. The van der Waals surface area contributed by atoms with E-state index in [0.717, 1.165) is 53.7 Å². The van der Waals surface area contributed by atoms with Gasteiger partial charge >= 0.3 is 0 Å². The third-order valence-corrected chi connectivity index (χ3v) is 9.61. The highest BCUT2D eigenvalue weighted by molar-refractivity contribution is 9.10. The number of nitro groups is 1. The van der Waals surface area contributed by atoms with E-state index in [4.69, 9.17) is 0 Å². The summed E-state index contributed by atoms with van der Waals surface area (Å²) in [7, 11) is 0. The van der Waals surface area contributed by atoms with Crippen molar-refractivity contribution in [3.05, 3.63) is 114 Å². The first-order valence-electron chi connectivity index (χ1n) is 12.4. The molecule has 1 fully saturated rings. The first-order valence-corrected chi connectivity index (χ1v) is 14.8. The van der Waals surface area contributed by atoms with E-state index in [1.165, 1.54) is 23.9 Å². The van der Waals surface area contributed by atoms with Gasteiger partial charge in [-0.05, 0) is 117 Å². The molecule has 3 aromatic carbocycles. The number of hydrogen-bond donors (Lipinski definition) is 1. The summed E-state index contributed by atoms with van der Waals surface area (Å²) in [5, 5.41) is 14.3. The van der Waals surface area contributed by atoms with Gasteiger partial charge in [0.1, 0.15) is 0 Å². The number of nitrogens with one attached hydrogen (secondary N) is 1. The first kappa shape index (κ1) is 27.9. The molecule has 0 aliphatic carbocycles. The molecule has 1 saturated heterocycles. The van der Waals surface area contributed by atoms with Gasteiger partial charge in [-0.15, -0.1) is 0 Å². The average Bonchev–Trinajstić information content (AvgIpc) is 3.40. The van der Waals surface area contributed by atoms with Gasteiger partial charge in [-0.25, -0.2) is 4.99 Å². The lowest BCUT2D eigenvalue weighted by Crippen LogP contribution is -2.19. The summed E-state index contributed by atoms with van der Waals surface area (Å²) < 4.78 is 3.22. The van der Waals surface area contributed by atoms with Crippen LogP contribution >= 0.6 is 39.5 Å². The van der Waals surface area contributed by atoms with Gasteiger partial charge in [-0.3, -0.25) is 14.9 Å².